The minimum Gasteiger partial charge on any atom is -0.464 e. The molecule has 0 saturated carbocycles. The molecule has 1 rings (SSSR count). The molecule has 0 saturated heterocycles. The van der Waals surface area contributed by atoms with Gasteiger partial charge in [-0.15, -0.1) is 0 Å². The van der Waals surface area contributed by atoms with Crippen LogP contribution in [0.15, 0.2) is 24.3 Å². The maximum Gasteiger partial charge on any atom is 0.339 e. The van der Waals surface area contributed by atoms with Crippen molar-refractivity contribution in [2.45, 2.75) is 19.1 Å². The van der Waals surface area contributed by atoms with E-state index in [4.69, 9.17) is 14.2 Å². The summed E-state index contributed by atoms with van der Waals surface area (Å²) >= 11 is 0. The quantitative estimate of drug-likeness (QED) is 0.761. The lowest BCUT2D eigenvalue weighted by atomic mass is 9.98. The van der Waals surface area contributed by atoms with E-state index in [-0.39, 0.29) is 12.7 Å². The summed E-state index contributed by atoms with van der Waals surface area (Å²) in [5.74, 6) is -0.665. The summed E-state index contributed by atoms with van der Waals surface area (Å²) in [6.07, 6.45) is -1.66. The molecule has 19 heavy (non-hydrogen) atoms. The van der Waals surface area contributed by atoms with Crippen LogP contribution in [0.1, 0.15) is 30.3 Å². The Morgan fingerprint density at radius 1 is 1.26 bits per heavy atom. The van der Waals surface area contributed by atoms with Crippen LogP contribution >= 0.6 is 0 Å². The van der Waals surface area contributed by atoms with Crippen molar-refractivity contribution in [2.24, 2.45) is 0 Å². The number of aliphatic hydroxyl groups excluding tert-OH is 1. The number of esters is 1. The van der Waals surface area contributed by atoms with Crippen molar-refractivity contribution in [1.82, 2.24) is 0 Å². The minimum absolute atomic E-state index is 0.226. The fourth-order valence-electron chi connectivity index (χ4n) is 1.84. The minimum atomic E-state index is -1.31. The zero-order valence-corrected chi connectivity index (χ0v) is 11.5. The highest BCUT2D eigenvalue weighted by Gasteiger charge is 2.24. The molecule has 5 heteroatoms. The predicted octanol–water partition coefficient (Wildman–Crippen LogP) is 1.62. The third-order valence-corrected chi connectivity index (χ3v) is 2.75. The van der Waals surface area contributed by atoms with Crippen LogP contribution in [-0.2, 0) is 19.0 Å². The van der Waals surface area contributed by atoms with E-state index in [2.05, 4.69) is 0 Å². The molecule has 0 aliphatic rings. The first-order valence-electron chi connectivity index (χ1n) is 6.10. The van der Waals surface area contributed by atoms with Crippen molar-refractivity contribution in [1.29, 1.82) is 0 Å². The van der Waals surface area contributed by atoms with Gasteiger partial charge in [-0.05, 0) is 18.1 Å². The molecule has 0 aromatic heterocycles. The first-order valence-corrected chi connectivity index (χ1v) is 6.10. The van der Waals surface area contributed by atoms with Gasteiger partial charge in [-0.2, -0.15) is 0 Å². The van der Waals surface area contributed by atoms with Gasteiger partial charge in [0.2, 0.25) is 0 Å². The molecule has 0 amide bonds. The molecule has 0 bridgehead atoms. The van der Waals surface area contributed by atoms with Gasteiger partial charge in [0.05, 0.1) is 13.2 Å². The van der Waals surface area contributed by atoms with E-state index in [1.165, 1.54) is 0 Å². The summed E-state index contributed by atoms with van der Waals surface area (Å²) in [6.45, 7) is 2.26. The molecule has 0 aliphatic carbocycles. The second kappa shape index (κ2) is 7.89. The molecule has 1 aromatic carbocycles. The molecular weight excluding hydrogens is 248 g/mol. The smallest absolute Gasteiger partial charge is 0.339 e. The molecule has 106 valence electrons. The van der Waals surface area contributed by atoms with Gasteiger partial charge in [0.25, 0.3) is 0 Å². The van der Waals surface area contributed by atoms with Crippen LogP contribution in [0, 0.1) is 0 Å². The molecule has 0 aliphatic heterocycles. The molecule has 2 unspecified atom stereocenters. The Hall–Kier alpha value is -1.43. The normalized spacial score (nSPS) is 13.9. The molecular formula is C14H20O5. The van der Waals surface area contributed by atoms with Crippen molar-refractivity contribution >= 4 is 5.97 Å². The Kier molecular flexibility index (Phi) is 6.49. The van der Waals surface area contributed by atoms with Gasteiger partial charge in [-0.3, -0.25) is 0 Å². The summed E-state index contributed by atoms with van der Waals surface area (Å²) in [5, 5.41) is 10.0. The van der Waals surface area contributed by atoms with E-state index in [0.717, 1.165) is 0 Å². The van der Waals surface area contributed by atoms with Gasteiger partial charge in [-0.1, -0.05) is 24.3 Å². The number of hydrogen-bond donors (Lipinski definition) is 1. The fraction of sp³-hybridized carbons (Fsp3) is 0.500. The van der Waals surface area contributed by atoms with Gasteiger partial charge in [0, 0.05) is 14.2 Å². The fourth-order valence-corrected chi connectivity index (χ4v) is 1.84. The lowest BCUT2D eigenvalue weighted by Crippen LogP contribution is -2.19. The van der Waals surface area contributed by atoms with Gasteiger partial charge < -0.3 is 19.3 Å². The number of methoxy groups -OCH3 is 2. The molecule has 2 atom stereocenters. The number of carbonyl (C=O) groups excluding carboxylic acids is 1. The SMILES string of the molecule is CCOC(=O)C(O)c1ccccc1C(COC)OC. The molecule has 0 fully saturated rings. The summed E-state index contributed by atoms with van der Waals surface area (Å²) < 4.78 is 15.2. The highest BCUT2D eigenvalue weighted by atomic mass is 16.5. The predicted molar refractivity (Wildman–Crippen MR) is 69.7 cm³/mol. The third kappa shape index (κ3) is 4.02. The van der Waals surface area contributed by atoms with Crippen LogP contribution in [-0.4, -0.2) is 38.5 Å². The van der Waals surface area contributed by atoms with Gasteiger partial charge in [0.1, 0.15) is 6.10 Å². The average Bonchev–Trinajstić information content (AvgIpc) is 2.44. The van der Waals surface area contributed by atoms with Gasteiger partial charge in [-0.25, -0.2) is 4.79 Å². The Morgan fingerprint density at radius 3 is 2.42 bits per heavy atom. The molecule has 1 aromatic rings. The van der Waals surface area contributed by atoms with E-state index in [9.17, 15) is 9.90 Å². The van der Waals surface area contributed by atoms with Crippen molar-refractivity contribution in [3.8, 4) is 0 Å². The number of rotatable bonds is 7. The number of carbonyl (C=O) groups is 1. The Bertz CT molecular complexity index is 405. The summed E-state index contributed by atoms with van der Waals surface area (Å²) in [5.41, 5.74) is 1.19. The summed E-state index contributed by atoms with van der Waals surface area (Å²) in [6, 6.07) is 7.04. The average molecular weight is 268 g/mol. The van der Waals surface area contributed by atoms with Crippen molar-refractivity contribution < 1.29 is 24.1 Å². The van der Waals surface area contributed by atoms with E-state index >= 15 is 0 Å². The molecule has 1 N–H and O–H groups in total. The van der Waals surface area contributed by atoms with Gasteiger partial charge >= 0.3 is 5.97 Å². The van der Waals surface area contributed by atoms with Crippen molar-refractivity contribution in [2.75, 3.05) is 27.4 Å². The number of benzene rings is 1. The molecule has 0 heterocycles. The Balaban J connectivity index is 3.03. The maximum absolute atomic E-state index is 11.6. The number of aliphatic hydroxyl groups is 1. The molecule has 0 spiro atoms. The lowest BCUT2D eigenvalue weighted by molar-refractivity contribution is -0.153. The Labute approximate surface area is 113 Å². The monoisotopic (exact) mass is 268 g/mol. The van der Waals surface area contributed by atoms with Crippen molar-refractivity contribution in [3.63, 3.8) is 0 Å². The highest BCUT2D eigenvalue weighted by Crippen LogP contribution is 2.26. The maximum atomic E-state index is 11.6. The first-order chi connectivity index (χ1) is 9.15. The van der Waals surface area contributed by atoms with Crippen molar-refractivity contribution in [3.05, 3.63) is 35.4 Å². The van der Waals surface area contributed by atoms with E-state index in [0.29, 0.717) is 17.7 Å². The zero-order valence-electron chi connectivity index (χ0n) is 11.5. The van der Waals surface area contributed by atoms with Crippen LogP contribution in [0.4, 0.5) is 0 Å². The number of hydrogen-bond acceptors (Lipinski definition) is 5. The summed E-state index contributed by atoms with van der Waals surface area (Å²) in [7, 11) is 3.12. The molecule has 0 radical (unpaired) electrons. The lowest BCUT2D eigenvalue weighted by Gasteiger charge is -2.20. The largest absolute Gasteiger partial charge is 0.464 e. The second-order valence-electron chi connectivity index (χ2n) is 3.96. The number of ether oxygens (including phenoxy) is 3. The zero-order chi connectivity index (χ0) is 14.3. The van der Waals surface area contributed by atoms with Crippen LogP contribution in [0.5, 0.6) is 0 Å². The van der Waals surface area contributed by atoms with Crippen LogP contribution in [0.2, 0.25) is 0 Å². The summed E-state index contributed by atoms with van der Waals surface area (Å²) in [4.78, 5) is 11.6. The standard InChI is InChI=1S/C14H20O5/c1-4-19-14(16)13(15)11-8-6-5-7-10(11)12(18-3)9-17-2/h5-8,12-13,15H,4,9H2,1-3H3. The van der Waals surface area contributed by atoms with Crippen LogP contribution in [0.3, 0.4) is 0 Å². The molecule has 5 nitrogen and oxygen atoms in total. The highest BCUT2D eigenvalue weighted by molar-refractivity contribution is 5.76. The van der Waals surface area contributed by atoms with Gasteiger partial charge in [0.15, 0.2) is 6.10 Å². The van der Waals surface area contributed by atoms with E-state index in [1.54, 1.807) is 39.3 Å². The van der Waals surface area contributed by atoms with E-state index < -0.39 is 12.1 Å². The third-order valence-electron chi connectivity index (χ3n) is 2.75. The second-order valence-corrected chi connectivity index (χ2v) is 3.96. The van der Waals surface area contributed by atoms with E-state index in [1.807, 2.05) is 6.07 Å². The van der Waals surface area contributed by atoms with Crippen LogP contribution < -0.4 is 0 Å². The first kappa shape index (κ1) is 15.6. The van der Waals surface area contributed by atoms with Crippen LogP contribution in [0.25, 0.3) is 0 Å². The Morgan fingerprint density at radius 2 is 1.89 bits per heavy atom. The topological polar surface area (TPSA) is 65.0 Å².